The van der Waals surface area contributed by atoms with Crippen molar-refractivity contribution in [2.24, 2.45) is 11.0 Å². The SMILES string of the molecule is C/C(=N/NC(=O)C1C(=O)NCC1c1ccccc1)c1cccc(O)c1. The molecule has 0 spiro atoms. The molecule has 2 aromatic carbocycles. The van der Waals surface area contributed by atoms with Gasteiger partial charge in [0.05, 0.1) is 5.71 Å². The van der Waals surface area contributed by atoms with Crippen molar-refractivity contribution in [2.75, 3.05) is 6.54 Å². The van der Waals surface area contributed by atoms with Crippen molar-refractivity contribution >= 4 is 17.5 Å². The minimum Gasteiger partial charge on any atom is -0.508 e. The van der Waals surface area contributed by atoms with Crippen LogP contribution >= 0.6 is 0 Å². The van der Waals surface area contributed by atoms with E-state index in [0.717, 1.165) is 5.56 Å². The molecule has 6 heteroatoms. The van der Waals surface area contributed by atoms with E-state index in [9.17, 15) is 14.7 Å². The van der Waals surface area contributed by atoms with Gasteiger partial charge in [-0.05, 0) is 24.6 Å². The lowest BCUT2D eigenvalue weighted by Crippen LogP contribution is -2.35. The fourth-order valence-electron chi connectivity index (χ4n) is 2.94. The molecule has 1 heterocycles. The number of phenolic OH excluding ortho intramolecular Hbond substituents is 1. The van der Waals surface area contributed by atoms with E-state index in [0.29, 0.717) is 17.8 Å². The predicted molar refractivity (Wildman–Crippen MR) is 94.1 cm³/mol. The molecular weight excluding hydrogens is 318 g/mol. The van der Waals surface area contributed by atoms with Crippen LogP contribution in [-0.2, 0) is 9.59 Å². The number of carbonyl (C=O) groups excluding carboxylic acids is 2. The second-order valence-corrected chi connectivity index (χ2v) is 5.96. The molecule has 2 unspecified atom stereocenters. The van der Waals surface area contributed by atoms with Gasteiger partial charge in [-0.3, -0.25) is 9.59 Å². The molecule has 0 aliphatic carbocycles. The van der Waals surface area contributed by atoms with Gasteiger partial charge in [0, 0.05) is 18.0 Å². The third-order valence-electron chi connectivity index (χ3n) is 4.29. The van der Waals surface area contributed by atoms with Crippen LogP contribution in [0.3, 0.4) is 0 Å². The molecule has 1 fully saturated rings. The van der Waals surface area contributed by atoms with Crippen LogP contribution in [-0.4, -0.2) is 29.2 Å². The molecular formula is C19H19N3O3. The Morgan fingerprint density at radius 1 is 1.20 bits per heavy atom. The lowest BCUT2D eigenvalue weighted by molar-refractivity contribution is -0.133. The van der Waals surface area contributed by atoms with Crippen molar-refractivity contribution in [1.82, 2.24) is 10.7 Å². The first-order valence-corrected chi connectivity index (χ1v) is 8.02. The minimum absolute atomic E-state index is 0.123. The number of rotatable bonds is 4. The first-order valence-electron chi connectivity index (χ1n) is 8.02. The summed E-state index contributed by atoms with van der Waals surface area (Å²) in [6.45, 7) is 2.15. The van der Waals surface area contributed by atoms with E-state index in [1.54, 1.807) is 31.2 Å². The van der Waals surface area contributed by atoms with Crippen LogP contribution in [0, 0.1) is 5.92 Å². The minimum atomic E-state index is -0.817. The van der Waals surface area contributed by atoms with Crippen molar-refractivity contribution in [3.05, 3.63) is 65.7 Å². The topological polar surface area (TPSA) is 90.8 Å². The Balaban J connectivity index is 1.75. The Morgan fingerprint density at radius 3 is 2.68 bits per heavy atom. The maximum absolute atomic E-state index is 12.5. The molecule has 0 radical (unpaired) electrons. The lowest BCUT2D eigenvalue weighted by Gasteiger charge is -2.15. The molecule has 2 atom stereocenters. The van der Waals surface area contributed by atoms with Gasteiger partial charge in [-0.25, -0.2) is 5.43 Å². The molecule has 1 saturated heterocycles. The van der Waals surface area contributed by atoms with Crippen LogP contribution in [0.15, 0.2) is 59.7 Å². The third kappa shape index (κ3) is 3.68. The summed E-state index contributed by atoms with van der Waals surface area (Å²) in [4.78, 5) is 24.6. The number of amides is 2. The van der Waals surface area contributed by atoms with E-state index in [1.165, 1.54) is 0 Å². The monoisotopic (exact) mass is 337 g/mol. The second-order valence-electron chi connectivity index (χ2n) is 5.96. The summed E-state index contributed by atoms with van der Waals surface area (Å²) in [7, 11) is 0. The van der Waals surface area contributed by atoms with Crippen LogP contribution in [0.2, 0.25) is 0 Å². The molecule has 1 aliphatic heterocycles. The first-order chi connectivity index (χ1) is 12.1. The van der Waals surface area contributed by atoms with Crippen LogP contribution in [0.25, 0.3) is 0 Å². The number of carbonyl (C=O) groups is 2. The Hall–Kier alpha value is -3.15. The number of hydrogen-bond acceptors (Lipinski definition) is 4. The van der Waals surface area contributed by atoms with Gasteiger partial charge in [0.25, 0.3) is 5.91 Å². The Kier molecular flexibility index (Phi) is 4.79. The number of aromatic hydroxyl groups is 1. The van der Waals surface area contributed by atoms with Gasteiger partial charge in [0.1, 0.15) is 11.7 Å². The molecule has 6 nitrogen and oxygen atoms in total. The highest BCUT2D eigenvalue weighted by molar-refractivity contribution is 6.04. The highest BCUT2D eigenvalue weighted by atomic mass is 16.3. The largest absolute Gasteiger partial charge is 0.508 e. The number of hydrazone groups is 1. The van der Waals surface area contributed by atoms with Crippen molar-refractivity contribution in [1.29, 1.82) is 0 Å². The van der Waals surface area contributed by atoms with Crippen LogP contribution in [0.1, 0.15) is 24.0 Å². The van der Waals surface area contributed by atoms with Crippen LogP contribution in [0.5, 0.6) is 5.75 Å². The van der Waals surface area contributed by atoms with Crippen LogP contribution in [0.4, 0.5) is 0 Å². The summed E-state index contributed by atoms with van der Waals surface area (Å²) in [5.74, 6) is -1.65. The van der Waals surface area contributed by atoms with Gasteiger partial charge in [0.2, 0.25) is 5.91 Å². The lowest BCUT2D eigenvalue weighted by atomic mass is 9.88. The molecule has 1 aliphatic rings. The van der Waals surface area contributed by atoms with Crippen LogP contribution < -0.4 is 10.7 Å². The highest BCUT2D eigenvalue weighted by Crippen LogP contribution is 2.29. The number of nitrogens with zero attached hydrogens (tertiary/aromatic N) is 1. The van der Waals surface area contributed by atoms with Crippen molar-refractivity contribution < 1.29 is 14.7 Å². The molecule has 2 aromatic rings. The number of hydrogen-bond donors (Lipinski definition) is 3. The molecule has 3 N–H and O–H groups in total. The molecule has 0 bridgehead atoms. The Bertz CT molecular complexity index is 818. The number of nitrogens with one attached hydrogen (secondary N) is 2. The quantitative estimate of drug-likeness (QED) is 0.451. The normalized spacial score (nSPS) is 20.2. The molecule has 128 valence electrons. The molecule has 2 amide bonds. The molecule has 3 rings (SSSR count). The number of phenols is 1. The Labute approximate surface area is 145 Å². The zero-order valence-corrected chi connectivity index (χ0v) is 13.8. The molecule has 25 heavy (non-hydrogen) atoms. The summed E-state index contributed by atoms with van der Waals surface area (Å²) in [6, 6.07) is 16.1. The van der Waals surface area contributed by atoms with Gasteiger partial charge in [-0.2, -0.15) is 5.10 Å². The highest BCUT2D eigenvalue weighted by Gasteiger charge is 2.40. The molecule has 0 saturated carbocycles. The smallest absolute Gasteiger partial charge is 0.253 e. The van der Waals surface area contributed by atoms with Gasteiger partial charge in [-0.1, -0.05) is 42.5 Å². The first kappa shape index (κ1) is 16.7. The molecule has 0 aromatic heterocycles. The fourth-order valence-corrected chi connectivity index (χ4v) is 2.94. The zero-order valence-electron chi connectivity index (χ0n) is 13.8. The predicted octanol–water partition coefficient (Wildman–Crippen LogP) is 1.76. The summed E-state index contributed by atoms with van der Waals surface area (Å²) in [6.07, 6.45) is 0. The summed E-state index contributed by atoms with van der Waals surface area (Å²) in [5, 5.41) is 16.3. The van der Waals surface area contributed by atoms with E-state index >= 15 is 0 Å². The average Bonchev–Trinajstić information content (AvgIpc) is 3.02. The van der Waals surface area contributed by atoms with Gasteiger partial charge in [-0.15, -0.1) is 0 Å². The zero-order chi connectivity index (χ0) is 17.8. The van der Waals surface area contributed by atoms with E-state index in [2.05, 4.69) is 15.8 Å². The van der Waals surface area contributed by atoms with Gasteiger partial charge < -0.3 is 10.4 Å². The summed E-state index contributed by atoms with van der Waals surface area (Å²) >= 11 is 0. The van der Waals surface area contributed by atoms with Crippen molar-refractivity contribution in [2.45, 2.75) is 12.8 Å². The second kappa shape index (κ2) is 7.17. The fraction of sp³-hybridized carbons (Fsp3) is 0.211. The number of benzene rings is 2. The van der Waals surface area contributed by atoms with Crippen molar-refractivity contribution in [3.8, 4) is 5.75 Å². The van der Waals surface area contributed by atoms with E-state index < -0.39 is 11.8 Å². The van der Waals surface area contributed by atoms with E-state index in [-0.39, 0.29) is 17.6 Å². The third-order valence-corrected chi connectivity index (χ3v) is 4.29. The standard InChI is InChI=1S/C19H19N3O3/c1-12(14-8-5-9-15(23)10-14)21-22-19(25)17-16(11-20-18(17)24)13-6-3-2-4-7-13/h2-10,16-17,23H,11H2,1H3,(H,20,24)(H,22,25)/b21-12-. The van der Waals surface area contributed by atoms with E-state index in [4.69, 9.17) is 0 Å². The van der Waals surface area contributed by atoms with E-state index in [1.807, 2.05) is 30.3 Å². The summed E-state index contributed by atoms with van der Waals surface area (Å²) in [5.41, 5.74) is 4.65. The van der Waals surface area contributed by atoms with Crippen molar-refractivity contribution in [3.63, 3.8) is 0 Å². The summed E-state index contributed by atoms with van der Waals surface area (Å²) < 4.78 is 0. The maximum Gasteiger partial charge on any atom is 0.253 e. The maximum atomic E-state index is 12.5. The van der Waals surface area contributed by atoms with Gasteiger partial charge in [0.15, 0.2) is 0 Å². The Morgan fingerprint density at radius 2 is 1.96 bits per heavy atom. The average molecular weight is 337 g/mol. The van der Waals surface area contributed by atoms with Gasteiger partial charge >= 0.3 is 0 Å².